The van der Waals surface area contributed by atoms with Crippen LogP contribution in [-0.4, -0.2) is 69.8 Å². The van der Waals surface area contributed by atoms with E-state index in [1.54, 1.807) is 58.2 Å². The van der Waals surface area contributed by atoms with Crippen molar-refractivity contribution in [3.05, 3.63) is 151 Å². The molecule has 4 aromatic heterocycles. The van der Waals surface area contributed by atoms with E-state index in [1.165, 1.54) is 55.4 Å². The number of rotatable bonds is 13. The lowest BCUT2D eigenvalue weighted by atomic mass is 10.2. The summed E-state index contributed by atoms with van der Waals surface area (Å²) in [6.45, 7) is 0.443. The van der Waals surface area contributed by atoms with Crippen molar-refractivity contribution in [3.63, 3.8) is 0 Å². The minimum absolute atomic E-state index is 0.0196. The first-order valence-corrected chi connectivity index (χ1v) is 19.2. The highest BCUT2D eigenvalue weighted by atomic mass is 35.5. The molecule has 0 bridgehead atoms. The topological polar surface area (TPSA) is 209 Å². The molecule has 278 valence electrons. The highest BCUT2D eigenvalue weighted by Gasteiger charge is 2.25. The second-order valence-corrected chi connectivity index (χ2v) is 14.7. The van der Waals surface area contributed by atoms with E-state index < -0.39 is 9.85 Å². The molecule has 0 N–H and O–H groups in total. The molecule has 8 aromatic rings. The Balaban J connectivity index is 1.14. The third kappa shape index (κ3) is 7.57. The van der Waals surface area contributed by atoms with Crippen molar-refractivity contribution < 1.29 is 9.85 Å². The number of benzene rings is 4. The number of hydrogen-bond donors (Lipinski definition) is 0. The molecule has 8 rings (SSSR count). The number of nitro groups is 2. The average Bonchev–Trinajstić information content (AvgIpc) is 4.02. The van der Waals surface area contributed by atoms with Crippen LogP contribution in [0.5, 0.6) is 0 Å². The molecule has 0 aliphatic heterocycles. The van der Waals surface area contributed by atoms with Gasteiger partial charge in [-0.05, 0) is 67.4 Å². The summed E-state index contributed by atoms with van der Waals surface area (Å²) in [4.78, 5) is 24.1. The van der Waals surface area contributed by atoms with Crippen LogP contribution in [0.4, 0.5) is 11.4 Å². The minimum atomic E-state index is -0.460. The van der Waals surface area contributed by atoms with Crippen molar-refractivity contribution in [3.8, 4) is 34.2 Å². The molecular weight excluding hydrogens is 804 g/mol. The maximum Gasteiger partial charge on any atom is 0.269 e. The summed E-state index contributed by atoms with van der Waals surface area (Å²) < 4.78 is 3.36. The van der Waals surface area contributed by atoms with E-state index in [9.17, 15) is 20.2 Å². The van der Waals surface area contributed by atoms with Gasteiger partial charge in [0.05, 0.1) is 67.9 Å². The molecule has 4 heterocycles. The van der Waals surface area contributed by atoms with Gasteiger partial charge in [-0.25, -0.2) is 9.36 Å². The van der Waals surface area contributed by atoms with Crippen molar-refractivity contribution in [2.45, 2.75) is 23.1 Å². The van der Waals surface area contributed by atoms with Gasteiger partial charge in [0.15, 0.2) is 0 Å². The van der Waals surface area contributed by atoms with Crippen LogP contribution in [0.25, 0.3) is 34.2 Å². The smallest absolute Gasteiger partial charge is 0.258 e. The standard InChI is InChI=1S/C34H22Cl2N14O4S2/c35-27-5-1-3-7-29(27)47-33(25(17-37-47)31-39-43-45(41-31)19-21-9-13-23(14-10-21)49(51)52)55-56-34-26(18-38-48(34)30-8-4-2-6-28(30)36)32-40-44-46(42-32)20-22-11-15-24(16-12-22)50(53)54/h1-18H,19-20H2. The zero-order chi connectivity index (χ0) is 38.8. The Morgan fingerprint density at radius 2 is 0.964 bits per heavy atom. The van der Waals surface area contributed by atoms with Gasteiger partial charge < -0.3 is 0 Å². The maximum absolute atomic E-state index is 11.1. The fraction of sp³-hybridized carbons (Fsp3) is 0.0588. The van der Waals surface area contributed by atoms with Gasteiger partial charge in [0.1, 0.15) is 10.1 Å². The number of nitro benzene ring substituents is 2. The quantitative estimate of drug-likeness (QED) is 0.0631. The number of aromatic nitrogens is 12. The molecule has 0 amide bonds. The van der Waals surface area contributed by atoms with Crippen LogP contribution in [0, 0.1) is 20.2 Å². The number of para-hydroxylation sites is 2. The summed E-state index contributed by atoms with van der Waals surface area (Å²) >= 11 is 13.3. The highest BCUT2D eigenvalue weighted by molar-refractivity contribution is 8.76. The lowest BCUT2D eigenvalue weighted by Gasteiger charge is -2.12. The Hall–Kier alpha value is -6.48. The Bertz CT molecular complexity index is 2530. The molecule has 0 unspecified atom stereocenters. The van der Waals surface area contributed by atoms with E-state index in [2.05, 4.69) is 41.0 Å². The van der Waals surface area contributed by atoms with E-state index >= 15 is 0 Å². The monoisotopic (exact) mass is 824 g/mol. The van der Waals surface area contributed by atoms with Gasteiger partial charge in [-0.15, -0.1) is 20.4 Å². The molecule has 0 atom stereocenters. The first-order valence-electron chi connectivity index (χ1n) is 16.2. The number of hydrogen-bond acceptors (Lipinski definition) is 14. The van der Waals surface area contributed by atoms with Gasteiger partial charge >= 0.3 is 0 Å². The van der Waals surface area contributed by atoms with Crippen LogP contribution in [0.3, 0.4) is 0 Å². The average molecular weight is 826 g/mol. The molecule has 0 saturated heterocycles. The van der Waals surface area contributed by atoms with E-state index in [-0.39, 0.29) is 36.1 Å². The molecule has 22 heteroatoms. The third-order valence-corrected chi connectivity index (χ3v) is 11.2. The Labute approximate surface area is 332 Å². The number of non-ortho nitro benzene ring substituents is 2. The molecular formula is C34H22Cl2N14O4S2. The lowest BCUT2D eigenvalue weighted by molar-refractivity contribution is -0.385. The van der Waals surface area contributed by atoms with Crippen molar-refractivity contribution in [2.24, 2.45) is 0 Å². The van der Waals surface area contributed by atoms with Gasteiger partial charge in [0, 0.05) is 24.3 Å². The van der Waals surface area contributed by atoms with Crippen LogP contribution in [0.2, 0.25) is 10.0 Å². The van der Waals surface area contributed by atoms with Gasteiger partial charge in [-0.2, -0.15) is 19.8 Å². The molecule has 56 heavy (non-hydrogen) atoms. The van der Waals surface area contributed by atoms with Crippen molar-refractivity contribution in [1.82, 2.24) is 60.0 Å². The zero-order valence-corrected chi connectivity index (χ0v) is 31.4. The predicted octanol–water partition coefficient (Wildman–Crippen LogP) is 7.38. The molecule has 0 fully saturated rings. The van der Waals surface area contributed by atoms with Gasteiger partial charge in [-0.3, -0.25) is 20.2 Å². The SMILES string of the molecule is O=[N+]([O-])c1ccc(Cn2nnc(-c3cnn(-c4ccccc4Cl)c3SSc3c(-c4nnn(Cc5ccc([N+](=O)[O-])cc5)n4)cnn3-c3ccccc3Cl)n2)cc1. The van der Waals surface area contributed by atoms with Crippen LogP contribution >= 0.6 is 44.8 Å². The summed E-state index contributed by atoms with van der Waals surface area (Å²) in [5.41, 5.74) is 3.77. The maximum atomic E-state index is 11.1. The number of tetrazole rings is 2. The summed E-state index contributed by atoms with van der Waals surface area (Å²) in [5, 5.41) is 60.0. The van der Waals surface area contributed by atoms with Crippen molar-refractivity contribution >= 4 is 56.2 Å². The fourth-order valence-corrected chi connectivity index (χ4v) is 8.34. The highest BCUT2D eigenvalue weighted by Crippen LogP contribution is 2.46. The second kappa shape index (κ2) is 15.7. The van der Waals surface area contributed by atoms with Crippen LogP contribution < -0.4 is 0 Å². The summed E-state index contributed by atoms with van der Waals surface area (Å²) in [5.74, 6) is 0.563. The first-order chi connectivity index (χ1) is 27.2. The predicted molar refractivity (Wildman–Crippen MR) is 207 cm³/mol. The lowest BCUT2D eigenvalue weighted by Crippen LogP contribution is -2.04. The van der Waals surface area contributed by atoms with E-state index in [0.29, 0.717) is 42.6 Å². The van der Waals surface area contributed by atoms with Gasteiger partial charge in [0.25, 0.3) is 11.4 Å². The largest absolute Gasteiger partial charge is 0.269 e. The summed E-state index contributed by atoms with van der Waals surface area (Å²) in [6, 6.07) is 26.7. The Morgan fingerprint density at radius 1 is 0.571 bits per heavy atom. The second-order valence-electron chi connectivity index (χ2n) is 11.8. The van der Waals surface area contributed by atoms with E-state index in [4.69, 9.17) is 23.2 Å². The summed E-state index contributed by atoms with van der Waals surface area (Å²) in [7, 11) is 2.65. The van der Waals surface area contributed by atoms with E-state index in [1.807, 2.05) is 36.4 Å². The molecule has 0 aliphatic rings. The van der Waals surface area contributed by atoms with Gasteiger partial charge in [0.2, 0.25) is 11.6 Å². The van der Waals surface area contributed by atoms with E-state index in [0.717, 1.165) is 11.1 Å². The molecule has 0 spiro atoms. The molecule has 0 aliphatic carbocycles. The van der Waals surface area contributed by atoms with Crippen LogP contribution in [-0.2, 0) is 13.1 Å². The molecule has 18 nitrogen and oxygen atoms in total. The fourth-order valence-electron chi connectivity index (χ4n) is 5.42. The van der Waals surface area contributed by atoms with Crippen molar-refractivity contribution in [1.29, 1.82) is 0 Å². The Kier molecular flexibility index (Phi) is 10.2. The molecule has 0 radical (unpaired) electrons. The third-order valence-electron chi connectivity index (χ3n) is 8.14. The van der Waals surface area contributed by atoms with Gasteiger partial charge in [-0.1, -0.05) is 71.7 Å². The van der Waals surface area contributed by atoms with Crippen LogP contribution in [0.15, 0.2) is 120 Å². The first kappa shape index (κ1) is 36.5. The Morgan fingerprint density at radius 3 is 1.34 bits per heavy atom. The zero-order valence-electron chi connectivity index (χ0n) is 28.3. The molecule has 4 aromatic carbocycles. The molecule has 0 saturated carbocycles. The van der Waals surface area contributed by atoms with Crippen LogP contribution in [0.1, 0.15) is 11.1 Å². The normalized spacial score (nSPS) is 11.2. The number of halogens is 2. The summed E-state index contributed by atoms with van der Waals surface area (Å²) in [6.07, 6.45) is 3.24. The number of nitrogens with zero attached hydrogens (tertiary/aromatic N) is 14. The minimum Gasteiger partial charge on any atom is -0.258 e. The van der Waals surface area contributed by atoms with Crippen molar-refractivity contribution in [2.75, 3.05) is 0 Å².